The molecule has 4 heteroatoms. The summed E-state index contributed by atoms with van der Waals surface area (Å²) in [6.07, 6.45) is 2.36. The Labute approximate surface area is 139 Å². The van der Waals surface area contributed by atoms with Crippen molar-refractivity contribution in [3.63, 3.8) is 0 Å². The van der Waals surface area contributed by atoms with Gasteiger partial charge in [-0.2, -0.15) is 0 Å². The van der Waals surface area contributed by atoms with Gasteiger partial charge in [-0.15, -0.1) is 0 Å². The van der Waals surface area contributed by atoms with E-state index in [0.29, 0.717) is 6.42 Å². The predicted octanol–water partition coefficient (Wildman–Crippen LogP) is 2.96. The maximum Gasteiger partial charge on any atom is 0.321 e. The number of fused-ring (bicyclic) bond motifs is 6. The molecular formula is C20H18N2O2. The molecule has 0 bridgehead atoms. The molecule has 0 radical (unpaired) electrons. The van der Waals surface area contributed by atoms with Gasteiger partial charge in [-0.1, -0.05) is 42.5 Å². The van der Waals surface area contributed by atoms with E-state index in [1.54, 1.807) is 0 Å². The monoisotopic (exact) mass is 318 g/mol. The quantitative estimate of drug-likeness (QED) is 0.646. The number of hydrogen-bond donors (Lipinski definition) is 3. The number of H-pyrrole nitrogens is 1. The Morgan fingerprint density at radius 1 is 1.12 bits per heavy atom. The molecule has 0 unspecified atom stereocenters. The van der Waals surface area contributed by atoms with Gasteiger partial charge in [-0.3, -0.25) is 10.1 Å². The molecule has 1 aromatic heterocycles. The average molecular weight is 318 g/mol. The van der Waals surface area contributed by atoms with Gasteiger partial charge in [0.1, 0.15) is 6.04 Å². The predicted molar refractivity (Wildman–Crippen MR) is 92.1 cm³/mol. The number of benzene rings is 2. The van der Waals surface area contributed by atoms with Crippen molar-refractivity contribution in [2.24, 2.45) is 0 Å². The molecule has 2 atom stereocenters. The van der Waals surface area contributed by atoms with Gasteiger partial charge in [0.05, 0.1) is 5.54 Å². The Hall–Kier alpha value is -2.59. The zero-order chi connectivity index (χ0) is 16.3. The second-order valence-corrected chi connectivity index (χ2v) is 6.83. The molecule has 0 saturated carbocycles. The molecule has 1 spiro atoms. The number of hydrogen-bond acceptors (Lipinski definition) is 2. The highest BCUT2D eigenvalue weighted by Gasteiger charge is 2.48. The van der Waals surface area contributed by atoms with E-state index in [1.165, 1.54) is 11.1 Å². The number of aliphatic carboxylic acids is 1. The lowest BCUT2D eigenvalue weighted by Gasteiger charge is -2.39. The number of carboxylic acid groups (broad SMARTS) is 1. The summed E-state index contributed by atoms with van der Waals surface area (Å²) in [5, 5.41) is 14.3. The Morgan fingerprint density at radius 2 is 1.92 bits per heavy atom. The van der Waals surface area contributed by atoms with Crippen molar-refractivity contribution in [3.8, 4) is 0 Å². The van der Waals surface area contributed by atoms with E-state index in [1.807, 2.05) is 18.2 Å². The molecular weight excluding hydrogens is 300 g/mol. The summed E-state index contributed by atoms with van der Waals surface area (Å²) in [6.45, 7) is 0. The second kappa shape index (κ2) is 4.71. The highest BCUT2D eigenvalue weighted by molar-refractivity contribution is 5.87. The van der Waals surface area contributed by atoms with Crippen molar-refractivity contribution in [3.05, 3.63) is 70.9 Å². The highest BCUT2D eigenvalue weighted by Crippen LogP contribution is 2.47. The summed E-state index contributed by atoms with van der Waals surface area (Å²) in [5.41, 5.74) is 5.47. The van der Waals surface area contributed by atoms with Crippen LogP contribution >= 0.6 is 0 Å². The fourth-order valence-electron chi connectivity index (χ4n) is 4.57. The van der Waals surface area contributed by atoms with Crippen LogP contribution < -0.4 is 5.32 Å². The average Bonchev–Trinajstić information content (AvgIpc) is 3.15. The minimum atomic E-state index is -0.783. The lowest BCUT2D eigenvalue weighted by atomic mass is 9.80. The van der Waals surface area contributed by atoms with E-state index >= 15 is 0 Å². The topological polar surface area (TPSA) is 65.1 Å². The van der Waals surface area contributed by atoms with E-state index in [-0.39, 0.29) is 0 Å². The minimum absolute atomic E-state index is 0.424. The van der Waals surface area contributed by atoms with Crippen LogP contribution in [0.2, 0.25) is 0 Å². The smallest absolute Gasteiger partial charge is 0.321 e. The van der Waals surface area contributed by atoms with Crippen LogP contribution in [0, 0.1) is 0 Å². The number of carbonyl (C=O) groups is 1. The zero-order valence-electron chi connectivity index (χ0n) is 13.2. The van der Waals surface area contributed by atoms with Gasteiger partial charge in [0.2, 0.25) is 0 Å². The third-order valence-corrected chi connectivity index (χ3v) is 5.61. The Bertz CT molecular complexity index is 975. The van der Waals surface area contributed by atoms with Crippen LogP contribution in [0.3, 0.4) is 0 Å². The van der Waals surface area contributed by atoms with Crippen molar-refractivity contribution in [1.29, 1.82) is 0 Å². The number of aryl methyl sites for hydroxylation is 1. The van der Waals surface area contributed by atoms with Crippen molar-refractivity contribution >= 4 is 16.9 Å². The lowest BCUT2D eigenvalue weighted by molar-refractivity contribution is -0.140. The molecule has 3 aromatic rings. The van der Waals surface area contributed by atoms with Crippen molar-refractivity contribution in [1.82, 2.24) is 10.3 Å². The maximum absolute atomic E-state index is 11.8. The summed E-state index contributed by atoms with van der Waals surface area (Å²) in [4.78, 5) is 15.4. The molecule has 4 nitrogen and oxygen atoms in total. The molecule has 0 amide bonds. The van der Waals surface area contributed by atoms with Gasteiger partial charge in [0.25, 0.3) is 0 Å². The first-order valence-electron chi connectivity index (χ1n) is 8.38. The van der Waals surface area contributed by atoms with Gasteiger partial charge in [-0.25, -0.2) is 0 Å². The number of carboxylic acids is 1. The van der Waals surface area contributed by atoms with E-state index < -0.39 is 17.6 Å². The first-order valence-corrected chi connectivity index (χ1v) is 8.38. The third-order valence-electron chi connectivity index (χ3n) is 5.61. The van der Waals surface area contributed by atoms with E-state index in [4.69, 9.17) is 0 Å². The van der Waals surface area contributed by atoms with Gasteiger partial charge in [-0.05, 0) is 35.6 Å². The summed E-state index contributed by atoms with van der Waals surface area (Å²) in [7, 11) is 0. The highest BCUT2D eigenvalue weighted by atomic mass is 16.4. The molecule has 2 aromatic carbocycles. The van der Waals surface area contributed by atoms with Gasteiger partial charge >= 0.3 is 5.97 Å². The number of rotatable bonds is 1. The van der Waals surface area contributed by atoms with Crippen LogP contribution in [-0.2, 0) is 23.2 Å². The molecule has 120 valence electrons. The molecule has 0 saturated heterocycles. The zero-order valence-corrected chi connectivity index (χ0v) is 13.2. The fraction of sp³-hybridized carbons (Fsp3) is 0.250. The van der Waals surface area contributed by atoms with Gasteiger partial charge in [0.15, 0.2) is 0 Å². The van der Waals surface area contributed by atoms with Gasteiger partial charge < -0.3 is 10.1 Å². The second-order valence-electron chi connectivity index (χ2n) is 6.83. The van der Waals surface area contributed by atoms with E-state index in [9.17, 15) is 9.90 Å². The van der Waals surface area contributed by atoms with E-state index in [0.717, 1.165) is 35.0 Å². The molecule has 2 heterocycles. The molecule has 3 N–H and O–H groups in total. The van der Waals surface area contributed by atoms with Crippen molar-refractivity contribution in [2.75, 3.05) is 0 Å². The molecule has 24 heavy (non-hydrogen) atoms. The largest absolute Gasteiger partial charge is 0.480 e. The Morgan fingerprint density at radius 3 is 2.79 bits per heavy atom. The fourth-order valence-corrected chi connectivity index (χ4v) is 4.57. The SMILES string of the molecule is O=C(O)[C@@H]1Cc2c([nH]c3ccccc23)[C@]2(CCc3ccccc32)N1. The summed E-state index contributed by atoms with van der Waals surface area (Å²) < 4.78 is 0. The molecule has 2 aliphatic rings. The maximum atomic E-state index is 11.8. The number of para-hydroxylation sites is 1. The molecule has 1 aliphatic carbocycles. The molecule has 1 aliphatic heterocycles. The summed E-state index contributed by atoms with van der Waals surface area (Å²) in [6, 6.07) is 16.0. The van der Waals surface area contributed by atoms with Crippen LogP contribution in [-0.4, -0.2) is 22.1 Å². The minimum Gasteiger partial charge on any atom is -0.480 e. The standard InChI is InChI=1S/C20H18N2O2/c23-19(24)17-11-14-13-6-2-4-8-16(13)21-18(14)20(22-17)10-9-12-5-1-3-7-15(12)20/h1-8,17,21-22H,9-11H2,(H,23,24)/t17-,20+/m0/s1. The van der Waals surface area contributed by atoms with Crippen LogP contribution in [0.1, 0.15) is 28.8 Å². The summed E-state index contributed by atoms with van der Waals surface area (Å²) in [5.74, 6) is -0.783. The molecule has 0 fully saturated rings. The third kappa shape index (κ3) is 1.69. The number of nitrogens with one attached hydrogen (secondary N) is 2. The van der Waals surface area contributed by atoms with Crippen LogP contribution in [0.25, 0.3) is 10.9 Å². The molecule has 5 rings (SSSR count). The van der Waals surface area contributed by atoms with E-state index in [2.05, 4.69) is 40.6 Å². The number of aromatic amines is 1. The van der Waals surface area contributed by atoms with Crippen molar-refractivity contribution < 1.29 is 9.90 Å². The van der Waals surface area contributed by atoms with Crippen molar-refractivity contribution in [2.45, 2.75) is 30.8 Å². The van der Waals surface area contributed by atoms with Gasteiger partial charge in [0, 0.05) is 23.0 Å². The Kier molecular flexibility index (Phi) is 2.71. The van der Waals surface area contributed by atoms with Crippen LogP contribution in [0.4, 0.5) is 0 Å². The summed E-state index contributed by atoms with van der Waals surface area (Å²) >= 11 is 0. The van der Waals surface area contributed by atoms with Crippen LogP contribution in [0.5, 0.6) is 0 Å². The lowest BCUT2D eigenvalue weighted by Crippen LogP contribution is -2.55. The normalized spacial score (nSPS) is 24.9. The first kappa shape index (κ1) is 13.8. The first-order chi connectivity index (χ1) is 11.7. The van der Waals surface area contributed by atoms with Crippen LogP contribution in [0.15, 0.2) is 48.5 Å². The number of aromatic nitrogens is 1. The Balaban J connectivity index is 1.82.